The zero-order valence-electron chi connectivity index (χ0n) is 17.3. The van der Waals surface area contributed by atoms with E-state index in [9.17, 15) is 4.79 Å². The van der Waals surface area contributed by atoms with Crippen LogP contribution in [0.4, 0.5) is 5.82 Å². The molecule has 1 aliphatic heterocycles. The second-order valence-electron chi connectivity index (χ2n) is 7.22. The van der Waals surface area contributed by atoms with E-state index in [0.717, 1.165) is 36.1 Å². The maximum Gasteiger partial charge on any atom is 0.254 e. The van der Waals surface area contributed by atoms with Gasteiger partial charge in [0.1, 0.15) is 23.6 Å². The van der Waals surface area contributed by atoms with E-state index in [1.54, 1.807) is 11.6 Å². The quantitative estimate of drug-likeness (QED) is 0.551. The van der Waals surface area contributed by atoms with Crippen molar-refractivity contribution in [3.63, 3.8) is 0 Å². The Morgan fingerprint density at radius 2 is 1.83 bits per heavy atom. The molecule has 0 N–H and O–H groups in total. The Morgan fingerprint density at radius 3 is 2.57 bits per heavy atom. The fourth-order valence-electron chi connectivity index (χ4n) is 3.56. The Hall–Kier alpha value is -3.36. The van der Waals surface area contributed by atoms with E-state index >= 15 is 0 Å². The summed E-state index contributed by atoms with van der Waals surface area (Å²) < 4.78 is 12.6. The van der Waals surface area contributed by atoms with E-state index in [1.165, 1.54) is 6.33 Å². The minimum atomic E-state index is 0.171. The number of piperazine rings is 1. The highest BCUT2D eigenvalue weighted by Crippen LogP contribution is 2.19. The number of hydrogen-bond donors (Lipinski definition) is 0. The average Bonchev–Trinajstić information content (AvgIpc) is 3.25. The number of rotatable bonds is 7. The highest BCUT2D eigenvalue weighted by atomic mass is 16.5. The smallest absolute Gasteiger partial charge is 0.254 e. The number of carbonyl (C=O) groups is 1. The number of benzene rings is 1. The number of fused-ring (bicyclic) bond motifs is 1. The predicted octanol–water partition coefficient (Wildman–Crippen LogP) is 1.95. The first-order valence-corrected chi connectivity index (χ1v) is 10.1. The summed E-state index contributed by atoms with van der Waals surface area (Å²) in [5.74, 6) is 3.31. The summed E-state index contributed by atoms with van der Waals surface area (Å²) in [6.07, 6.45) is 2.69. The molecule has 0 atom stereocenters. The molecule has 1 aromatic carbocycles. The maximum absolute atomic E-state index is 12.6. The van der Waals surface area contributed by atoms with Gasteiger partial charge >= 0.3 is 0 Å². The molecule has 30 heavy (non-hydrogen) atoms. The molecular weight excluding hydrogens is 384 g/mol. The molecule has 0 unspecified atom stereocenters. The third kappa shape index (κ3) is 4.45. The van der Waals surface area contributed by atoms with Crippen molar-refractivity contribution in [1.29, 1.82) is 0 Å². The highest BCUT2D eigenvalue weighted by molar-refractivity contribution is 5.76. The first-order chi connectivity index (χ1) is 14.6. The number of aryl methyl sites for hydroxylation is 1. The molecule has 3 aromatic rings. The maximum atomic E-state index is 12.6. The molecule has 0 aliphatic carbocycles. The van der Waals surface area contributed by atoms with Crippen LogP contribution in [0.5, 0.6) is 11.5 Å². The van der Waals surface area contributed by atoms with Gasteiger partial charge < -0.3 is 19.3 Å². The van der Waals surface area contributed by atoms with E-state index in [1.807, 2.05) is 42.2 Å². The SMILES string of the molecule is COc1ccc(OCCCC(=O)N2CCN(c3cc(C)nc4ncnn34)CC2)cc1. The van der Waals surface area contributed by atoms with Crippen LogP contribution in [0.25, 0.3) is 5.78 Å². The van der Waals surface area contributed by atoms with E-state index < -0.39 is 0 Å². The van der Waals surface area contributed by atoms with Crippen LogP contribution in [0.3, 0.4) is 0 Å². The number of ether oxygens (including phenoxy) is 2. The van der Waals surface area contributed by atoms with E-state index in [-0.39, 0.29) is 5.91 Å². The van der Waals surface area contributed by atoms with Gasteiger partial charge in [0.25, 0.3) is 5.78 Å². The molecule has 0 radical (unpaired) electrons. The molecule has 0 spiro atoms. The molecule has 0 saturated carbocycles. The Labute approximate surface area is 175 Å². The molecule has 1 aliphatic rings. The molecule has 3 heterocycles. The van der Waals surface area contributed by atoms with Crippen molar-refractivity contribution in [1.82, 2.24) is 24.5 Å². The topological polar surface area (TPSA) is 85.1 Å². The fourth-order valence-corrected chi connectivity index (χ4v) is 3.56. The van der Waals surface area contributed by atoms with Crippen molar-refractivity contribution < 1.29 is 14.3 Å². The first kappa shape index (κ1) is 19.9. The zero-order valence-corrected chi connectivity index (χ0v) is 17.3. The molecule has 1 amide bonds. The van der Waals surface area contributed by atoms with Crippen LogP contribution in [0, 0.1) is 6.92 Å². The molecule has 4 rings (SSSR count). The van der Waals surface area contributed by atoms with E-state index in [4.69, 9.17) is 9.47 Å². The lowest BCUT2D eigenvalue weighted by molar-refractivity contribution is -0.131. The highest BCUT2D eigenvalue weighted by Gasteiger charge is 2.23. The van der Waals surface area contributed by atoms with Gasteiger partial charge in [-0.3, -0.25) is 4.79 Å². The van der Waals surface area contributed by atoms with E-state index in [0.29, 0.717) is 38.3 Å². The van der Waals surface area contributed by atoms with Gasteiger partial charge in [0.05, 0.1) is 13.7 Å². The standard InChI is InChI=1S/C21H26N6O3/c1-16-14-19(27-21(24-16)22-15-23-27)25-9-11-26(12-10-25)20(28)4-3-13-30-18-7-5-17(29-2)6-8-18/h5-8,14-15H,3-4,9-13H2,1-2H3. The van der Waals surface area contributed by atoms with Crippen LogP contribution in [0.15, 0.2) is 36.7 Å². The van der Waals surface area contributed by atoms with Crippen molar-refractivity contribution in [2.24, 2.45) is 0 Å². The molecule has 1 fully saturated rings. The van der Waals surface area contributed by atoms with Gasteiger partial charge in [-0.2, -0.15) is 14.6 Å². The largest absolute Gasteiger partial charge is 0.497 e. The van der Waals surface area contributed by atoms with Crippen LogP contribution in [0.2, 0.25) is 0 Å². The van der Waals surface area contributed by atoms with Crippen molar-refractivity contribution in [2.75, 3.05) is 44.8 Å². The predicted molar refractivity (Wildman–Crippen MR) is 112 cm³/mol. The normalized spacial score (nSPS) is 14.2. The summed E-state index contributed by atoms with van der Waals surface area (Å²) in [6.45, 7) is 5.36. The van der Waals surface area contributed by atoms with Crippen molar-refractivity contribution in [3.05, 3.63) is 42.4 Å². The van der Waals surface area contributed by atoms with Crippen LogP contribution in [0.1, 0.15) is 18.5 Å². The molecule has 0 bridgehead atoms. The Kier molecular flexibility index (Phi) is 5.97. The summed E-state index contributed by atoms with van der Waals surface area (Å²) >= 11 is 0. The summed E-state index contributed by atoms with van der Waals surface area (Å²) in [4.78, 5) is 25.3. The Morgan fingerprint density at radius 1 is 1.10 bits per heavy atom. The summed E-state index contributed by atoms with van der Waals surface area (Å²) in [5.41, 5.74) is 0.904. The van der Waals surface area contributed by atoms with Crippen LogP contribution in [-0.4, -0.2) is 70.3 Å². The summed E-state index contributed by atoms with van der Waals surface area (Å²) in [6, 6.07) is 9.46. The number of carbonyl (C=O) groups excluding carboxylic acids is 1. The van der Waals surface area contributed by atoms with Gasteiger partial charge in [0.15, 0.2) is 0 Å². The molecule has 9 heteroatoms. The van der Waals surface area contributed by atoms with Gasteiger partial charge in [0.2, 0.25) is 5.91 Å². The minimum absolute atomic E-state index is 0.171. The monoisotopic (exact) mass is 410 g/mol. The van der Waals surface area contributed by atoms with Gasteiger partial charge in [-0.15, -0.1) is 0 Å². The first-order valence-electron chi connectivity index (χ1n) is 10.1. The van der Waals surface area contributed by atoms with Gasteiger partial charge in [0, 0.05) is 44.4 Å². The van der Waals surface area contributed by atoms with Crippen molar-refractivity contribution >= 4 is 17.5 Å². The second kappa shape index (κ2) is 8.98. The Balaban J connectivity index is 1.23. The molecule has 9 nitrogen and oxygen atoms in total. The Bertz CT molecular complexity index is 996. The molecular formula is C21H26N6O3. The van der Waals surface area contributed by atoms with Crippen LogP contribution >= 0.6 is 0 Å². The molecule has 158 valence electrons. The zero-order chi connectivity index (χ0) is 20.9. The number of anilines is 1. The lowest BCUT2D eigenvalue weighted by Crippen LogP contribution is -2.49. The fraction of sp³-hybridized carbons (Fsp3) is 0.429. The number of amides is 1. The lowest BCUT2D eigenvalue weighted by atomic mass is 10.2. The summed E-state index contributed by atoms with van der Waals surface area (Å²) in [5, 5.41) is 4.27. The number of nitrogens with zero attached hydrogens (tertiary/aromatic N) is 6. The van der Waals surface area contributed by atoms with Crippen molar-refractivity contribution in [2.45, 2.75) is 19.8 Å². The minimum Gasteiger partial charge on any atom is -0.497 e. The molecule has 2 aromatic heterocycles. The number of aromatic nitrogens is 4. The number of methoxy groups -OCH3 is 1. The number of hydrogen-bond acceptors (Lipinski definition) is 7. The van der Waals surface area contributed by atoms with Gasteiger partial charge in [-0.05, 0) is 37.6 Å². The third-order valence-corrected chi connectivity index (χ3v) is 5.18. The van der Waals surface area contributed by atoms with Crippen molar-refractivity contribution in [3.8, 4) is 11.5 Å². The average molecular weight is 410 g/mol. The molecule has 1 saturated heterocycles. The van der Waals surface area contributed by atoms with E-state index in [2.05, 4.69) is 20.0 Å². The van der Waals surface area contributed by atoms with Gasteiger partial charge in [-0.25, -0.2) is 4.98 Å². The lowest BCUT2D eigenvalue weighted by Gasteiger charge is -2.36. The second-order valence-corrected chi connectivity index (χ2v) is 7.22. The van der Waals surface area contributed by atoms with Crippen LogP contribution < -0.4 is 14.4 Å². The summed E-state index contributed by atoms with van der Waals surface area (Å²) in [7, 11) is 1.63. The van der Waals surface area contributed by atoms with Crippen LogP contribution in [-0.2, 0) is 4.79 Å². The third-order valence-electron chi connectivity index (χ3n) is 5.18. The van der Waals surface area contributed by atoms with Gasteiger partial charge in [-0.1, -0.05) is 0 Å².